The number of rotatable bonds is 14. The second-order valence-corrected chi connectivity index (χ2v) is 5.73. The van der Waals surface area contributed by atoms with Gasteiger partial charge in [0.15, 0.2) is 0 Å². The monoisotopic (exact) mass is 342 g/mol. The number of hydrogen-bond donors (Lipinski definition) is 1. The normalized spacial score (nSPS) is 9.17. The predicted molar refractivity (Wildman–Crippen MR) is 91.7 cm³/mol. The molecule has 0 aromatic heterocycles. The number of aliphatic hydroxyl groups excluding tert-OH is 1. The summed E-state index contributed by atoms with van der Waals surface area (Å²) in [7, 11) is 0. The van der Waals surface area contributed by atoms with Crippen molar-refractivity contribution in [2.75, 3.05) is 6.61 Å². The van der Waals surface area contributed by atoms with E-state index in [-0.39, 0.29) is 41.5 Å². The van der Waals surface area contributed by atoms with E-state index in [1.807, 2.05) is 0 Å². The van der Waals surface area contributed by atoms with Crippen LogP contribution in [0.4, 0.5) is 0 Å². The van der Waals surface area contributed by atoms with Crippen LogP contribution >= 0.6 is 0 Å². The third-order valence-electron chi connectivity index (χ3n) is 3.50. The second-order valence-electron chi connectivity index (χ2n) is 5.73. The summed E-state index contributed by atoms with van der Waals surface area (Å²) in [4.78, 5) is 9.92. The molecule has 0 spiro atoms. The van der Waals surface area contributed by atoms with Gasteiger partial charge >= 0.3 is 29.6 Å². The van der Waals surface area contributed by atoms with Crippen molar-refractivity contribution >= 4 is 5.97 Å². The van der Waals surface area contributed by atoms with Gasteiger partial charge in [-0.1, -0.05) is 84.5 Å². The number of carbonyl (C=O) groups is 1. The molecule has 4 nitrogen and oxygen atoms in total. The summed E-state index contributed by atoms with van der Waals surface area (Å²) in [5, 5.41) is 18.4. The molecule has 0 aliphatic heterocycles. The Balaban J connectivity index is -0.000000145. The van der Waals surface area contributed by atoms with Crippen molar-refractivity contribution in [3.8, 4) is 0 Å². The smallest absolute Gasteiger partial charge is 0.550 e. The quantitative estimate of drug-likeness (QED) is 0.366. The van der Waals surface area contributed by atoms with Crippen LogP contribution < -0.4 is 34.7 Å². The van der Waals surface area contributed by atoms with E-state index in [1.54, 1.807) is 0 Å². The third kappa shape index (κ3) is 39.3. The van der Waals surface area contributed by atoms with Gasteiger partial charge in [0.1, 0.15) is 0 Å². The van der Waals surface area contributed by atoms with Gasteiger partial charge in [-0.15, -0.1) is 0 Å². The minimum atomic E-state index is -0.920. The Bertz CT molecular complexity index is 193. The van der Waals surface area contributed by atoms with Crippen molar-refractivity contribution in [3.05, 3.63) is 0 Å². The number of aliphatic hydroxyl groups is 1. The minimum Gasteiger partial charge on any atom is -0.550 e. The fraction of sp³-hybridized carbons (Fsp3) is 0.944. The van der Waals surface area contributed by atoms with Crippen LogP contribution in [0.25, 0.3) is 0 Å². The molecular formula is C18H39NaO4. The SMILES string of the molecule is CCCCCCCC(=O)[O-].CCCCCCCCCCO.O.[Na+]. The van der Waals surface area contributed by atoms with E-state index in [0.717, 1.165) is 25.7 Å². The van der Waals surface area contributed by atoms with E-state index >= 15 is 0 Å². The first-order valence-electron chi connectivity index (χ1n) is 8.99. The molecule has 5 heteroatoms. The first kappa shape index (κ1) is 31.2. The molecule has 0 aliphatic carbocycles. The van der Waals surface area contributed by atoms with E-state index in [2.05, 4.69) is 13.8 Å². The van der Waals surface area contributed by atoms with Crippen LogP contribution in [0.1, 0.15) is 104 Å². The Morgan fingerprint density at radius 1 is 0.739 bits per heavy atom. The summed E-state index contributed by atoms with van der Waals surface area (Å²) in [5.41, 5.74) is 0. The van der Waals surface area contributed by atoms with Crippen LogP contribution in [0, 0.1) is 0 Å². The van der Waals surface area contributed by atoms with Crippen LogP contribution in [0.2, 0.25) is 0 Å². The Morgan fingerprint density at radius 2 is 1.09 bits per heavy atom. The van der Waals surface area contributed by atoms with Gasteiger partial charge in [-0.2, -0.15) is 0 Å². The zero-order chi connectivity index (χ0) is 16.2. The molecule has 0 atom stereocenters. The molecule has 136 valence electrons. The molecule has 0 saturated heterocycles. The molecule has 0 unspecified atom stereocenters. The summed E-state index contributed by atoms with van der Waals surface area (Å²) >= 11 is 0. The van der Waals surface area contributed by atoms with Crippen molar-refractivity contribution in [1.82, 2.24) is 0 Å². The molecule has 0 rings (SSSR count). The van der Waals surface area contributed by atoms with Crippen LogP contribution in [-0.2, 0) is 4.79 Å². The fourth-order valence-electron chi connectivity index (χ4n) is 2.12. The molecule has 3 N–H and O–H groups in total. The summed E-state index contributed by atoms with van der Waals surface area (Å²) in [6.45, 7) is 4.75. The van der Waals surface area contributed by atoms with Crippen LogP contribution in [0.3, 0.4) is 0 Å². The van der Waals surface area contributed by atoms with Crippen LogP contribution in [0.15, 0.2) is 0 Å². The van der Waals surface area contributed by atoms with Gasteiger partial charge in [-0.3, -0.25) is 0 Å². The van der Waals surface area contributed by atoms with Crippen molar-refractivity contribution in [2.45, 2.75) is 104 Å². The van der Waals surface area contributed by atoms with Crippen molar-refractivity contribution < 1.29 is 50.0 Å². The van der Waals surface area contributed by atoms with Crippen LogP contribution in [0.5, 0.6) is 0 Å². The fourth-order valence-corrected chi connectivity index (χ4v) is 2.12. The van der Waals surface area contributed by atoms with Crippen molar-refractivity contribution in [2.24, 2.45) is 0 Å². The largest absolute Gasteiger partial charge is 1.00 e. The molecule has 0 radical (unpaired) electrons. The molecular weight excluding hydrogens is 303 g/mol. The standard InChI is InChI=1S/C10H22O.C8H16O2.Na.H2O/c1-2-3-4-5-6-7-8-9-10-11;1-2-3-4-5-6-7-8(9)10;;/h11H,2-10H2,1H3;2-7H2,1H3,(H,9,10);;1H2/q;;+1;/p-1. The first-order valence-corrected chi connectivity index (χ1v) is 8.99. The predicted octanol–water partition coefficient (Wildman–Crippen LogP) is 0.396. The molecule has 0 aromatic rings. The number of unbranched alkanes of at least 4 members (excludes halogenated alkanes) is 11. The maximum atomic E-state index is 9.92. The maximum Gasteiger partial charge on any atom is 1.00 e. The molecule has 0 bridgehead atoms. The molecule has 0 saturated carbocycles. The summed E-state index contributed by atoms with van der Waals surface area (Å²) in [6, 6.07) is 0. The number of carbonyl (C=O) groups excluding carboxylic acids is 1. The van der Waals surface area contributed by atoms with E-state index < -0.39 is 5.97 Å². The molecule has 0 aliphatic rings. The number of carboxylic acids is 1. The maximum absolute atomic E-state index is 9.92. The molecule has 0 fully saturated rings. The zero-order valence-electron chi connectivity index (χ0n) is 15.9. The molecule has 0 aromatic carbocycles. The number of aliphatic carboxylic acids is 1. The van der Waals surface area contributed by atoms with E-state index in [0.29, 0.717) is 6.61 Å². The average Bonchev–Trinajstić information content (AvgIpc) is 2.47. The Kier molecular flexibility index (Phi) is 41.1. The minimum absolute atomic E-state index is 0. The van der Waals surface area contributed by atoms with Crippen LogP contribution in [-0.4, -0.2) is 23.2 Å². The second kappa shape index (κ2) is 30.3. The Morgan fingerprint density at radius 3 is 1.43 bits per heavy atom. The van der Waals surface area contributed by atoms with E-state index in [9.17, 15) is 9.90 Å². The summed E-state index contributed by atoms with van der Waals surface area (Å²) in [6.07, 6.45) is 16.0. The van der Waals surface area contributed by atoms with Gasteiger partial charge in [-0.25, -0.2) is 0 Å². The van der Waals surface area contributed by atoms with Crippen molar-refractivity contribution in [3.63, 3.8) is 0 Å². The Labute approximate surface area is 166 Å². The first-order chi connectivity index (χ1) is 10.2. The van der Waals surface area contributed by atoms with Gasteiger partial charge in [0.05, 0.1) is 0 Å². The van der Waals surface area contributed by atoms with Gasteiger partial charge in [0.2, 0.25) is 0 Å². The van der Waals surface area contributed by atoms with Gasteiger partial charge in [-0.05, 0) is 19.3 Å². The number of hydrogen-bond acceptors (Lipinski definition) is 3. The molecule has 23 heavy (non-hydrogen) atoms. The Hall–Kier alpha value is 0.390. The van der Waals surface area contributed by atoms with Gasteiger partial charge in [0, 0.05) is 12.6 Å². The summed E-state index contributed by atoms with van der Waals surface area (Å²) in [5.74, 6) is -0.920. The average molecular weight is 342 g/mol. The van der Waals surface area contributed by atoms with Gasteiger partial charge in [0.25, 0.3) is 0 Å². The van der Waals surface area contributed by atoms with Gasteiger partial charge < -0.3 is 20.5 Å². The van der Waals surface area contributed by atoms with E-state index in [4.69, 9.17) is 5.11 Å². The summed E-state index contributed by atoms with van der Waals surface area (Å²) < 4.78 is 0. The zero-order valence-corrected chi connectivity index (χ0v) is 17.9. The van der Waals surface area contributed by atoms with Crippen molar-refractivity contribution in [1.29, 1.82) is 0 Å². The van der Waals surface area contributed by atoms with E-state index in [1.165, 1.54) is 57.8 Å². The third-order valence-corrected chi connectivity index (χ3v) is 3.50. The number of carboxylic acid groups (broad SMARTS) is 1. The molecule has 0 heterocycles. The topological polar surface area (TPSA) is 91.9 Å². The molecule has 0 amide bonds.